The zero-order valence-electron chi connectivity index (χ0n) is 17.6. The van der Waals surface area contributed by atoms with E-state index >= 15 is 0 Å². The Kier molecular flexibility index (Phi) is 5.83. The number of nitrogens with zero attached hydrogens (tertiary/aromatic N) is 2. The Morgan fingerprint density at radius 3 is 2.40 bits per heavy atom. The van der Waals surface area contributed by atoms with Crippen molar-refractivity contribution in [2.75, 3.05) is 33.0 Å². The lowest BCUT2D eigenvalue weighted by Crippen LogP contribution is -2.57. The van der Waals surface area contributed by atoms with Crippen molar-refractivity contribution in [1.29, 1.82) is 0 Å². The number of carbonyl (C=O) groups excluding carboxylic acids is 3. The van der Waals surface area contributed by atoms with Crippen LogP contribution in [0.4, 0.5) is 0 Å². The van der Waals surface area contributed by atoms with Gasteiger partial charge in [0.25, 0.3) is 5.91 Å². The summed E-state index contributed by atoms with van der Waals surface area (Å²) in [5.74, 6) is 1.15. The lowest BCUT2D eigenvalue weighted by atomic mass is 9.97. The number of benzene rings is 1. The fourth-order valence-electron chi connectivity index (χ4n) is 3.88. The number of hydrogen-bond donors (Lipinski definition) is 1. The molecule has 8 heteroatoms. The lowest BCUT2D eigenvalue weighted by molar-refractivity contribution is -0.142. The number of carbonyl (C=O) groups is 3. The fraction of sp³-hybridized carbons (Fsp3) is 0.591. The molecule has 1 saturated carbocycles. The molecule has 2 atom stereocenters. The summed E-state index contributed by atoms with van der Waals surface area (Å²) in [4.78, 5) is 42.0. The van der Waals surface area contributed by atoms with Crippen LogP contribution in [0.5, 0.6) is 11.5 Å². The summed E-state index contributed by atoms with van der Waals surface area (Å²) in [5.41, 5.74) is 0.431. The van der Waals surface area contributed by atoms with Crippen LogP contribution >= 0.6 is 0 Å². The van der Waals surface area contributed by atoms with E-state index < -0.39 is 6.04 Å². The summed E-state index contributed by atoms with van der Waals surface area (Å²) >= 11 is 0. The van der Waals surface area contributed by atoms with Crippen LogP contribution in [-0.4, -0.2) is 66.5 Å². The van der Waals surface area contributed by atoms with Gasteiger partial charge < -0.3 is 24.6 Å². The van der Waals surface area contributed by atoms with Crippen molar-refractivity contribution in [3.05, 3.63) is 23.8 Å². The first-order chi connectivity index (χ1) is 14.5. The first kappa shape index (κ1) is 20.5. The molecule has 2 unspecified atom stereocenters. The van der Waals surface area contributed by atoms with Crippen molar-refractivity contribution >= 4 is 17.7 Å². The SMILES string of the molecule is CCC(C)C(NC(=O)c1ccc2c(c1)OCO2)C(=O)N1CCN(C(=O)C2CC2)CC1. The minimum atomic E-state index is -0.612. The van der Waals surface area contributed by atoms with Gasteiger partial charge in [-0.3, -0.25) is 14.4 Å². The third-order valence-corrected chi connectivity index (χ3v) is 6.23. The largest absolute Gasteiger partial charge is 0.454 e. The third-order valence-electron chi connectivity index (χ3n) is 6.23. The maximum Gasteiger partial charge on any atom is 0.252 e. The fourth-order valence-corrected chi connectivity index (χ4v) is 3.88. The van der Waals surface area contributed by atoms with Gasteiger partial charge in [-0.25, -0.2) is 0 Å². The Labute approximate surface area is 176 Å². The molecule has 30 heavy (non-hydrogen) atoms. The summed E-state index contributed by atoms with van der Waals surface area (Å²) in [5, 5.41) is 2.93. The molecule has 1 aliphatic carbocycles. The Balaban J connectivity index is 1.40. The van der Waals surface area contributed by atoms with Gasteiger partial charge in [0, 0.05) is 37.7 Å². The second-order valence-corrected chi connectivity index (χ2v) is 8.33. The van der Waals surface area contributed by atoms with E-state index in [0.29, 0.717) is 43.2 Å². The molecule has 0 spiro atoms. The zero-order valence-corrected chi connectivity index (χ0v) is 17.6. The van der Waals surface area contributed by atoms with Crippen molar-refractivity contribution in [3.8, 4) is 11.5 Å². The van der Waals surface area contributed by atoms with Crippen LogP contribution in [0.25, 0.3) is 0 Å². The molecular weight excluding hydrogens is 386 g/mol. The molecule has 2 heterocycles. The highest BCUT2D eigenvalue weighted by Gasteiger charge is 2.37. The third kappa shape index (κ3) is 4.22. The average Bonchev–Trinajstić information content (AvgIpc) is 3.52. The van der Waals surface area contributed by atoms with Crippen LogP contribution in [0.15, 0.2) is 18.2 Å². The second kappa shape index (κ2) is 8.53. The topological polar surface area (TPSA) is 88.2 Å². The van der Waals surface area contributed by atoms with Gasteiger partial charge in [0.2, 0.25) is 18.6 Å². The predicted molar refractivity (Wildman–Crippen MR) is 109 cm³/mol. The van der Waals surface area contributed by atoms with Crippen LogP contribution < -0.4 is 14.8 Å². The number of nitrogens with one attached hydrogen (secondary N) is 1. The van der Waals surface area contributed by atoms with Gasteiger partial charge in [-0.05, 0) is 37.0 Å². The number of fused-ring (bicyclic) bond motifs is 1. The molecule has 1 aromatic rings. The van der Waals surface area contributed by atoms with Crippen LogP contribution in [0.2, 0.25) is 0 Å². The molecular formula is C22H29N3O5. The van der Waals surface area contributed by atoms with Crippen LogP contribution in [0.3, 0.4) is 0 Å². The van der Waals surface area contributed by atoms with Crippen molar-refractivity contribution < 1.29 is 23.9 Å². The van der Waals surface area contributed by atoms with E-state index in [0.717, 1.165) is 19.3 Å². The lowest BCUT2D eigenvalue weighted by Gasteiger charge is -2.37. The number of amides is 3. The van der Waals surface area contributed by atoms with Crippen LogP contribution in [-0.2, 0) is 9.59 Å². The molecule has 8 nitrogen and oxygen atoms in total. The summed E-state index contributed by atoms with van der Waals surface area (Å²) in [6.07, 6.45) is 2.73. The summed E-state index contributed by atoms with van der Waals surface area (Å²) < 4.78 is 10.6. The van der Waals surface area contributed by atoms with E-state index in [4.69, 9.17) is 9.47 Å². The molecule has 1 saturated heterocycles. The van der Waals surface area contributed by atoms with Gasteiger partial charge in [-0.15, -0.1) is 0 Å². The summed E-state index contributed by atoms with van der Waals surface area (Å²) in [7, 11) is 0. The first-order valence-corrected chi connectivity index (χ1v) is 10.8. The molecule has 1 N–H and O–H groups in total. The molecule has 2 aliphatic heterocycles. The Hall–Kier alpha value is -2.77. The van der Waals surface area contributed by atoms with Crippen molar-refractivity contribution in [2.45, 2.75) is 39.2 Å². The quantitative estimate of drug-likeness (QED) is 0.763. The van der Waals surface area contributed by atoms with Crippen LogP contribution in [0.1, 0.15) is 43.5 Å². The van der Waals surface area contributed by atoms with Gasteiger partial charge in [-0.2, -0.15) is 0 Å². The van der Waals surface area contributed by atoms with Gasteiger partial charge in [0.05, 0.1) is 0 Å². The number of ether oxygens (including phenoxy) is 2. The van der Waals surface area contributed by atoms with E-state index in [1.165, 1.54) is 0 Å². The van der Waals surface area contributed by atoms with Crippen LogP contribution in [0, 0.1) is 11.8 Å². The minimum absolute atomic E-state index is 0.0124. The highest BCUT2D eigenvalue weighted by Crippen LogP contribution is 2.33. The van der Waals surface area contributed by atoms with Gasteiger partial charge in [0.15, 0.2) is 11.5 Å². The Morgan fingerprint density at radius 2 is 1.73 bits per heavy atom. The first-order valence-electron chi connectivity index (χ1n) is 10.8. The van der Waals surface area contributed by atoms with Gasteiger partial charge >= 0.3 is 0 Å². The Bertz CT molecular complexity index is 830. The monoisotopic (exact) mass is 415 g/mol. The van der Waals surface area contributed by atoms with E-state index in [9.17, 15) is 14.4 Å². The highest BCUT2D eigenvalue weighted by molar-refractivity contribution is 5.98. The normalized spacial score (nSPS) is 19.9. The van der Waals surface area contributed by atoms with Crippen molar-refractivity contribution in [2.24, 2.45) is 11.8 Å². The van der Waals surface area contributed by atoms with Crippen molar-refractivity contribution in [3.63, 3.8) is 0 Å². The van der Waals surface area contributed by atoms with E-state index in [-0.39, 0.29) is 36.4 Å². The average molecular weight is 415 g/mol. The molecule has 0 radical (unpaired) electrons. The highest BCUT2D eigenvalue weighted by atomic mass is 16.7. The van der Waals surface area contributed by atoms with E-state index in [2.05, 4.69) is 5.32 Å². The molecule has 2 fully saturated rings. The van der Waals surface area contributed by atoms with Gasteiger partial charge in [0.1, 0.15) is 6.04 Å². The molecule has 4 rings (SSSR count). The maximum absolute atomic E-state index is 13.2. The molecule has 3 amide bonds. The standard InChI is InChI=1S/C22H29N3O5/c1-3-14(2)19(23-20(26)16-6-7-17-18(12-16)30-13-29-17)22(28)25-10-8-24(9-11-25)21(27)15-4-5-15/h6-7,12,14-15,19H,3-5,8-11,13H2,1-2H3,(H,23,26). The molecule has 0 bridgehead atoms. The maximum atomic E-state index is 13.2. The van der Waals surface area contributed by atoms with Crippen molar-refractivity contribution in [1.82, 2.24) is 15.1 Å². The summed E-state index contributed by atoms with van der Waals surface area (Å²) in [6, 6.07) is 4.40. The number of rotatable bonds is 6. The molecule has 0 aromatic heterocycles. The Morgan fingerprint density at radius 1 is 1.07 bits per heavy atom. The smallest absolute Gasteiger partial charge is 0.252 e. The number of piperazine rings is 1. The van der Waals surface area contributed by atoms with E-state index in [1.807, 2.05) is 18.7 Å². The number of hydrogen-bond acceptors (Lipinski definition) is 5. The van der Waals surface area contributed by atoms with Gasteiger partial charge in [-0.1, -0.05) is 20.3 Å². The summed E-state index contributed by atoms with van der Waals surface area (Å²) in [6.45, 7) is 6.24. The minimum Gasteiger partial charge on any atom is -0.454 e. The molecule has 162 valence electrons. The molecule has 3 aliphatic rings. The zero-order chi connectivity index (χ0) is 21.3. The molecule has 1 aromatic carbocycles. The predicted octanol–water partition coefficient (Wildman–Crippen LogP) is 1.64. The second-order valence-electron chi connectivity index (χ2n) is 8.33. The van der Waals surface area contributed by atoms with E-state index in [1.54, 1.807) is 23.1 Å².